The summed E-state index contributed by atoms with van der Waals surface area (Å²) in [6.07, 6.45) is 6.16. The number of amides is 1. The Labute approximate surface area is 146 Å². The van der Waals surface area contributed by atoms with Crippen molar-refractivity contribution < 1.29 is 9.53 Å². The van der Waals surface area contributed by atoms with Gasteiger partial charge in [-0.2, -0.15) is 11.8 Å². The van der Waals surface area contributed by atoms with Gasteiger partial charge >= 0.3 is 6.09 Å². The molecule has 1 aliphatic heterocycles. The molecule has 1 saturated heterocycles. The summed E-state index contributed by atoms with van der Waals surface area (Å²) < 4.78 is 5.52. The van der Waals surface area contributed by atoms with Crippen LogP contribution in [0, 0.1) is 5.92 Å². The lowest BCUT2D eigenvalue weighted by Crippen LogP contribution is -2.46. The van der Waals surface area contributed by atoms with Crippen LogP contribution in [0.2, 0.25) is 0 Å². The number of nitrogens with one attached hydrogen (secondary N) is 1. The zero-order valence-electron chi connectivity index (χ0n) is 15.3. The molecule has 23 heavy (non-hydrogen) atoms. The Bertz CT molecular complexity index is 384. The Hall–Kier alpha value is -0.420. The van der Waals surface area contributed by atoms with E-state index in [0.717, 1.165) is 31.3 Å². The van der Waals surface area contributed by atoms with Crippen molar-refractivity contribution in [2.45, 2.75) is 76.7 Å². The fourth-order valence-corrected chi connectivity index (χ4v) is 4.84. The second-order valence-electron chi connectivity index (χ2n) is 7.87. The summed E-state index contributed by atoms with van der Waals surface area (Å²) in [5, 5.41) is 4.58. The molecule has 1 amide bonds. The Morgan fingerprint density at radius 1 is 1.26 bits per heavy atom. The third-order valence-electron chi connectivity index (χ3n) is 4.67. The van der Waals surface area contributed by atoms with Crippen LogP contribution in [0.1, 0.15) is 59.8 Å². The minimum atomic E-state index is -0.406. The second-order valence-corrected chi connectivity index (χ2v) is 9.39. The van der Waals surface area contributed by atoms with E-state index in [1.807, 2.05) is 25.7 Å². The molecule has 134 valence electrons. The molecule has 2 fully saturated rings. The van der Waals surface area contributed by atoms with Gasteiger partial charge in [-0.05, 0) is 64.7 Å². The van der Waals surface area contributed by atoms with E-state index < -0.39 is 5.60 Å². The van der Waals surface area contributed by atoms with E-state index in [4.69, 9.17) is 4.74 Å². The number of hydrogen-bond donors (Lipinski definition) is 1. The molecular weight excluding hydrogens is 308 g/mol. The van der Waals surface area contributed by atoms with Crippen molar-refractivity contribution >= 4 is 17.9 Å². The van der Waals surface area contributed by atoms with Crippen molar-refractivity contribution in [3.8, 4) is 0 Å². The first-order valence-corrected chi connectivity index (χ1v) is 10.3. The highest BCUT2D eigenvalue weighted by molar-refractivity contribution is 7.99. The minimum absolute atomic E-state index is 0.150. The SMILES string of the molecule is CCSC1CCCC1NCC1CCCN(C(=O)OC(C)(C)C)C1. The molecule has 0 aromatic carbocycles. The van der Waals surface area contributed by atoms with Crippen LogP contribution < -0.4 is 5.32 Å². The summed E-state index contributed by atoms with van der Waals surface area (Å²) in [5.41, 5.74) is -0.406. The Morgan fingerprint density at radius 2 is 2.04 bits per heavy atom. The molecule has 4 nitrogen and oxygen atoms in total. The molecule has 5 heteroatoms. The number of rotatable bonds is 5. The molecule has 2 aliphatic rings. The molecule has 3 unspecified atom stereocenters. The average Bonchev–Trinajstić information content (AvgIpc) is 2.91. The summed E-state index contributed by atoms with van der Waals surface area (Å²) in [7, 11) is 0. The summed E-state index contributed by atoms with van der Waals surface area (Å²) in [6, 6.07) is 0.664. The number of piperidine rings is 1. The maximum atomic E-state index is 12.2. The van der Waals surface area contributed by atoms with Crippen LogP contribution in [0.4, 0.5) is 4.79 Å². The number of nitrogens with zero attached hydrogens (tertiary/aromatic N) is 1. The number of hydrogen-bond acceptors (Lipinski definition) is 4. The third kappa shape index (κ3) is 6.18. The molecule has 0 radical (unpaired) electrons. The number of carbonyl (C=O) groups is 1. The monoisotopic (exact) mass is 342 g/mol. The summed E-state index contributed by atoms with van der Waals surface area (Å²) in [6.45, 7) is 10.7. The van der Waals surface area contributed by atoms with Crippen molar-refractivity contribution in [3.63, 3.8) is 0 Å². The van der Waals surface area contributed by atoms with Gasteiger partial charge in [0.2, 0.25) is 0 Å². The predicted octanol–water partition coefficient (Wildman–Crippen LogP) is 3.90. The van der Waals surface area contributed by atoms with Gasteiger partial charge in [-0.1, -0.05) is 13.3 Å². The molecule has 0 aromatic heterocycles. The van der Waals surface area contributed by atoms with E-state index in [1.165, 1.54) is 31.4 Å². The highest BCUT2D eigenvalue weighted by atomic mass is 32.2. The van der Waals surface area contributed by atoms with Gasteiger partial charge in [0.25, 0.3) is 0 Å². The van der Waals surface area contributed by atoms with Gasteiger partial charge < -0.3 is 15.0 Å². The lowest BCUT2D eigenvalue weighted by molar-refractivity contribution is 0.0165. The third-order valence-corrected chi connectivity index (χ3v) is 6.00. The molecular formula is C18H34N2O2S. The van der Waals surface area contributed by atoms with Gasteiger partial charge in [0.05, 0.1) is 0 Å². The molecule has 1 heterocycles. The fourth-order valence-electron chi connectivity index (χ4n) is 3.62. The Balaban J connectivity index is 1.76. The largest absolute Gasteiger partial charge is 0.444 e. The lowest BCUT2D eigenvalue weighted by atomic mass is 9.98. The quantitative estimate of drug-likeness (QED) is 0.823. The first-order chi connectivity index (χ1) is 10.9. The molecule has 0 spiro atoms. The van der Waals surface area contributed by atoms with Gasteiger partial charge in [0.1, 0.15) is 5.60 Å². The standard InChI is InChI=1S/C18H34N2O2S/c1-5-23-16-10-6-9-15(16)19-12-14-8-7-11-20(13-14)17(21)22-18(2,3)4/h14-16,19H,5-13H2,1-4H3. The van der Waals surface area contributed by atoms with Crippen LogP contribution in [-0.2, 0) is 4.74 Å². The fraction of sp³-hybridized carbons (Fsp3) is 0.944. The number of likely N-dealkylation sites (tertiary alicyclic amines) is 1. The zero-order valence-corrected chi connectivity index (χ0v) is 16.1. The highest BCUT2D eigenvalue weighted by Crippen LogP contribution is 2.30. The number of thioether (sulfide) groups is 1. The number of carbonyl (C=O) groups excluding carboxylic acids is 1. The zero-order chi connectivity index (χ0) is 16.9. The maximum Gasteiger partial charge on any atom is 0.410 e. The number of ether oxygens (including phenoxy) is 1. The maximum absolute atomic E-state index is 12.2. The van der Waals surface area contributed by atoms with E-state index in [-0.39, 0.29) is 6.09 Å². The second kappa shape index (κ2) is 8.61. The molecule has 2 rings (SSSR count). The normalized spacial score (nSPS) is 28.9. The molecule has 1 N–H and O–H groups in total. The van der Waals surface area contributed by atoms with Crippen LogP contribution in [0.3, 0.4) is 0 Å². The van der Waals surface area contributed by atoms with Crippen LogP contribution in [-0.4, -0.2) is 53.3 Å². The highest BCUT2D eigenvalue weighted by Gasteiger charge is 2.30. The van der Waals surface area contributed by atoms with E-state index >= 15 is 0 Å². The first kappa shape index (κ1) is 18.9. The van der Waals surface area contributed by atoms with Gasteiger partial charge in [0.15, 0.2) is 0 Å². The Morgan fingerprint density at radius 3 is 2.74 bits per heavy atom. The van der Waals surface area contributed by atoms with E-state index in [2.05, 4.69) is 24.0 Å². The topological polar surface area (TPSA) is 41.6 Å². The predicted molar refractivity (Wildman–Crippen MR) is 98.1 cm³/mol. The molecule has 3 atom stereocenters. The lowest BCUT2D eigenvalue weighted by Gasteiger charge is -2.35. The minimum Gasteiger partial charge on any atom is -0.444 e. The summed E-state index contributed by atoms with van der Waals surface area (Å²) in [5.74, 6) is 1.77. The smallest absolute Gasteiger partial charge is 0.410 e. The summed E-state index contributed by atoms with van der Waals surface area (Å²) >= 11 is 2.10. The van der Waals surface area contributed by atoms with Gasteiger partial charge in [0, 0.05) is 24.4 Å². The van der Waals surface area contributed by atoms with E-state index in [0.29, 0.717) is 12.0 Å². The average molecular weight is 343 g/mol. The summed E-state index contributed by atoms with van der Waals surface area (Å²) in [4.78, 5) is 14.1. The van der Waals surface area contributed by atoms with Crippen molar-refractivity contribution in [1.82, 2.24) is 10.2 Å². The molecule has 1 aliphatic carbocycles. The van der Waals surface area contributed by atoms with Crippen LogP contribution in [0.25, 0.3) is 0 Å². The van der Waals surface area contributed by atoms with E-state index in [9.17, 15) is 4.79 Å². The Kier molecular flexibility index (Phi) is 7.08. The van der Waals surface area contributed by atoms with Crippen LogP contribution in [0.15, 0.2) is 0 Å². The molecule has 0 bridgehead atoms. The van der Waals surface area contributed by atoms with Gasteiger partial charge in [-0.15, -0.1) is 0 Å². The van der Waals surface area contributed by atoms with Crippen LogP contribution in [0.5, 0.6) is 0 Å². The molecule has 1 saturated carbocycles. The molecule has 0 aromatic rings. The van der Waals surface area contributed by atoms with Crippen LogP contribution >= 0.6 is 11.8 Å². The van der Waals surface area contributed by atoms with Crippen molar-refractivity contribution in [3.05, 3.63) is 0 Å². The van der Waals surface area contributed by atoms with Gasteiger partial charge in [-0.3, -0.25) is 0 Å². The first-order valence-electron chi connectivity index (χ1n) is 9.22. The van der Waals surface area contributed by atoms with E-state index in [1.54, 1.807) is 0 Å². The van der Waals surface area contributed by atoms with Crippen molar-refractivity contribution in [1.29, 1.82) is 0 Å². The van der Waals surface area contributed by atoms with Crippen molar-refractivity contribution in [2.24, 2.45) is 5.92 Å². The van der Waals surface area contributed by atoms with Crippen molar-refractivity contribution in [2.75, 3.05) is 25.4 Å². The van der Waals surface area contributed by atoms with Gasteiger partial charge in [-0.25, -0.2) is 4.79 Å².